The van der Waals surface area contributed by atoms with Crippen LogP contribution in [0.3, 0.4) is 0 Å². The fourth-order valence-corrected chi connectivity index (χ4v) is 7.11. The molecule has 0 saturated carbocycles. The molecule has 0 aliphatic heterocycles. The molecule has 0 saturated heterocycles. The summed E-state index contributed by atoms with van der Waals surface area (Å²) in [6, 6.07) is 0. The van der Waals surface area contributed by atoms with Crippen molar-refractivity contribution in [3.05, 3.63) is 24.3 Å². The summed E-state index contributed by atoms with van der Waals surface area (Å²) >= 11 is 0. The molecule has 330 valence electrons. The SMILES string of the molecule is CCCCC/C=C\C/C=C\CCCCCCCC(=O)OC[C@H](COP(=O)(O)OC[C@@H](O)CO)OC(=O)CCCCCCCCCCCCCCCCCCCC. The van der Waals surface area contributed by atoms with E-state index in [9.17, 15) is 24.2 Å². The van der Waals surface area contributed by atoms with Gasteiger partial charge in [0, 0.05) is 12.8 Å². The lowest BCUT2D eigenvalue weighted by molar-refractivity contribution is -0.161. The zero-order valence-corrected chi connectivity index (χ0v) is 36.8. The van der Waals surface area contributed by atoms with Gasteiger partial charge < -0.3 is 24.6 Å². The van der Waals surface area contributed by atoms with E-state index in [-0.39, 0.29) is 19.4 Å². The molecular formula is C45H85O10P. The predicted molar refractivity (Wildman–Crippen MR) is 228 cm³/mol. The molecule has 11 heteroatoms. The van der Waals surface area contributed by atoms with Crippen LogP contribution in [-0.4, -0.2) is 65.7 Å². The monoisotopic (exact) mass is 817 g/mol. The number of aliphatic hydroxyl groups excluding tert-OH is 2. The zero-order valence-electron chi connectivity index (χ0n) is 35.9. The second-order valence-corrected chi connectivity index (χ2v) is 16.9. The van der Waals surface area contributed by atoms with Gasteiger partial charge in [0.1, 0.15) is 12.7 Å². The Balaban J connectivity index is 4.25. The van der Waals surface area contributed by atoms with Crippen molar-refractivity contribution in [2.75, 3.05) is 26.4 Å². The number of aliphatic hydroxyl groups is 2. The molecule has 0 bridgehead atoms. The topological polar surface area (TPSA) is 149 Å². The van der Waals surface area contributed by atoms with Gasteiger partial charge >= 0.3 is 19.8 Å². The first-order valence-corrected chi connectivity index (χ1v) is 24.3. The molecule has 0 aromatic carbocycles. The first-order valence-electron chi connectivity index (χ1n) is 22.8. The Kier molecular flexibility index (Phi) is 40.5. The van der Waals surface area contributed by atoms with Gasteiger partial charge in [0.05, 0.1) is 19.8 Å². The number of hydrogen-bond acceptors (Lipinski definition) is 9. The molecule has 0 heterocycles. The van der Waals surface area contributed by atoms with Crippen LogP contribution in [0.2, 0.25) is 0 Å². The Bertz CT molecular complexity index is 988. The highest BCUT2D eigenvalue weighted by Gasteiger charge is 2.27. The van der Waals surface area contributed by atoms with Gasteiger partial charge in [0.15, 0.2) is 6.10 Å². The number of rotatable bonds is 43. The molecule has 0 aromatic heterocycles. The third-order valence-electron chi connectivity index (χ3n) is 9.86. The summed E-state index contributed by atoms with van der Waals surface area (Å²) in [6.07, 6.45) is 41.4. The summed E-state index contributed by atoms with van der Waals surface area (Å²) in [7, 11) is -4.62. The van der Waals surface area contributed by atoms with E-state index in [2.05, 4.69) is 38.2 Å². The molecule has 0 aliphatic rings. The average Bonchev–Trinajstić information content (AvgIpc) is 3.19. The van der Waals surface area contributed by atoms with Gasteiger partial charge in [-0.1, -0.05) is 179 Å². The maximum Gasteiger partial charge on any atom is 0.472 e. The lowest BCUT2D eigenvalue weighted by atomic mass is 10.0. The minimum atomic E-state index is -4.62. The number of carbonyl (C=O) groups is 2. The van der Waals surface area contributed by atoms with Crippen LogP contribution < -0.4 is 0 Å². The number of phosphoric ester groups is 1. The molecule has 0 amide bonds. The number of esters is 2. The maximum atomic E-state index is 12.6. The van der Waals surface area contributed by atoms with Crippen LogP contribution in [-0.2, 0) is 32.7 Å². The molecule has 0 fully saturated rings. The van der Waals surface area contributed by atoms with Crippen LogP contribution in [0.4, 0.5) is 0 Å². The Labute approximate surface area is 342 Å². The summed E-state index contributed by atoms with van der Waals surface area (Å²) in [5, 5.41) is 18.3. The second-order valence-electron chi connectivity index (χ2n) is 15.4. The zero-order chi connectivity index (χ0) is 41.2. The Hall–Kier alpha value is -1.55. The van der Waals surface area contributed by atoms with E-state index in [1.807, 2.05) is 0 Å². The number of unbranched alkanes of at least 4 members (excludes halogenated alkanes) is 25. The minimum Gasteiger partial charge on any atom is -0.462 e. The molecule has 0 spiro atoms. The van der Waals surface area contributed by atoms with Gasteiger partial charge in [-0.15, -0.1) is 0 Å². The van der Waals surface area contributed by atoms with Gasteiger partial charge in [0.2, 0.25) is 0 Å². The molecule has 56 heavy (non-hydrogen) atoms. The fraction of sp³-hybridized carbons (Fsp3) is 0.867. The molecule has 0 radical (unpaired) electrons. The number of hydrogen-bond donors (Lipinski definition) is 3. The summed E-state index contributed by atoms with van der Waals surface area (Å²) < 4.78 is 32.7. The van der Waals surface area contributed by atoms with Crippen LogP contribution in [0.1, 0.15) is 213 Å². The minimum absolute atomic E-state index is 0.186. The van der Waals surface area contributed by atoms with Gasteiger partial charge in [-0.3, -0.25) is 18.6 Å². The fourth-order valence-electron chi connectivity index (χ4n) is 6.32. The van der Waals surface area contributed by atoms with Gasteiger partial charge in [-0.05, 0) is 44.9 Å². The number of phosphoric acid groups is 1. The normalized spacial score (nSPS) is 14.0. The Morgan fingerprint density at radius 1 is 0.536 bits per heavy atom. The first kappa shape index (κ1) is 54.5. The predicted octanol–water partition coefficient (Wildman–Crippen LogP) is 12.2. The van der Waals surface area contributed by atoms with Crippen molar-refractivity contribution in [2.45, 2.75) is 225 Å². The number of carbonyl (C=O) groups excluding carboxylic acids is 2. The van der Waals surface area contributed by atoms with Gasteiger partial charge in [0.25, 0.3) is 0 Å². The summed E-state index contributed by atoms with van der Waals surface area (Å²) in [5.74, 6) is -0.931. The lowest BCUT2D eigenvalue weighted by Gasteiger charge is -2.20. The van der Waals surface area contributed by atoms with Crippen LogP contribution in [0.15, 0.2) is 24.3 Å². The van der Waals surface area contributed by atoms with Crippen molar-refractivity contribution in [1.82, 2.24) is 0 Å². The van der Waals surface area contributed by atoms with E-state index in [0.29, 0.717) is 12.8 Å². The summed E-state index contributed by atoms with van der Waals surface area (Å²) in [6.45, 7) is 2.37. The van der Waals surface area contributed by atoms with E-state index < -0.39 is 51.8 Å². The molecule has 0 rings (SSSR count). The Morgan fingerprint density at radius 2 is 0.929 bits per heavy atom. The van der Waals surface area contributed by atoms with Gasteiger partial charge in [-0.2, -0.15) is 0 Å². The van der Waals surface area contributed by atoms with Crippen molar-refractivity contribution in [1.29, 1.82) is 0 Å². The Morgan fingerprint density at radius 3 is 1.41 bits per heavy atom. The summed E-state index contributed by atoms with van der Waals surface area (Å²) in [5.41, 5.74) is 0. The first-order chi connectivity index (χ1) is 27.2. The highest BCUT2D eigenvalue weighted by Crippen LogP contribution is 2.43. The van der Waals surface area contributed by atoms with Crippen molar-refractivity contribution >= 4 is 19.8 Å². The van der Waals surface area contributed by atoms with Crippen molar-refractivity contribution < 1.29 is 47.8 Å². The van der Waals surface area contributed by atoms with Crippen LogP contribution in [0, 0.1) is 0 Å². The second kappa shape index (κ2) is 41.6. The molecule has 3 atom stereocenters. The molecule has 0 aromatic rings. The number of ether oxygens (including phenoxy) is 2. The highest BCUT2D eigenvalue weighted by atomic mass is 31.2. The molecule has 10 nitrogen and oxygen atoms in total. The standard InChI is InChI=1S/C45H85O10P/c1-3-5-7-9-11-13-15-17-19-20-21-23-25-27-29-31-33-35-37-45(49)55-43(41-54-56(50,51)53-39-42(47)38-46)40-52-44(48)36-34-32-30-28-26-24-22-18-16-14-12-10-8-6-4-2/h12,14,18,22,42-43,46-47H,3-11,13,15-17,19-21,23-41H2,1-2H3,(H,50,51)/b14-12-,22-18-/t42-,43+/m0/s1. The lowest BCUT2D eigenvalue weighted by Crippen LogP contribution is -2.29. The van der Waals surface area contributed by atoms with Crippen molar-refractivity contribution in [2.24, 2.45) is 0 Å². The van der Waals surface area contributed by atoms with Crippen LogP contribution in [0.5, 0.6) is 0 Å². The van der Waals surface area contributed by atoms with Crippen LogP contribution in [0.25, 0.3) is 0 Å². The number of allylic oxidation sites excluding steroid dienone is 4. The van der Waals surface area contributed by atoms with Crippen LogP contribution >= 0.6 is 7.82 Å². The smallest absolute Gasteiger partial charge is 0.462 e. The average molecular weight is 817 g/mol. The molecule has 0 aliphatic carbocycles. The molecule has 1 unspecified atom stereocenters. The maximum absolute atomic E-state index is 12.6. The van der Waals surface area contributed by atoms with E-state index in [0.717, 1.165) is 57.8 Å². The van der Waals surface area contributed by atoms with E-state index in [1.165, 1.54) is 116 Å². The quantitative estimate of drug-likeness (QED) is 0.0235. The van der Waals surface area contributed by atoms with Gasteiger partial charge in [-0.25, -0.2) is 4.57 Å². The third kappa shape index (κ3) is 40.6. The van der Waals surface area contributed by atoms with E-state index in [4.69, 9.17) is 23.6 Å². The van der Waals surface area contributed by atoms with E-state index in [1.54, 1.807) is 0 Å². The van der Waals surface area contributed by atoms with Crippen molar-refractivity contribution in [3.8, 4) is 0 Å². The largest absolute Gasteiger partial charge is 0.472 e. The summed E-state index contributed by atoms with van der Waals surface area (Å²) in [4.78, 5) is 35.0. The van der Waals surface area contributed by atoms with E-state index >= 15 is 0 Å². The third-order valence-corrected chi connectivity index (χ3v) is 10.8. The molecular weight excluding hydrogens is 731 g/mol. The van der Waals surface area contributed by atoms with Crippen molar-refractivity contribution in [3.63, 3.8) is 0 Å². The highest BCUT2D eigenvalue weighted by molar-refractivity contribution is 7.47. The molecule has 3 N–H and O–H groups in total.